The summed E-state index contributed by atoms with van der Waals surface area (Å²) in [5.74, 6) is -0.600. The van der Waals surface area contributed by atoms with Gasteiger partial charge in [-0.2, -0.15) is 5.10 Å². The highest BCUT2D eigenvalue weighted by molar-refractivity contribution is 6.41. The Morgan fingerprint density at radius 1 is 0.871 bits per heavy atom. The topological polar surface area (TPSA) is 41.4 Å². The van der Waals surface area contributed by atoms with E-state index in [0.717, 1.165) is 11.1 Å². The van der Waals surface area contributed by atoms with Crippen molar-refractivity contribution in [1.82, 2.24) is 19.6 Å². The van der Waals surface area contributed by atoms with Gasteiger partial charge in [0, 0.05) is 26.2 Å². The molecule has 0 bridgehead atoms. The third-order valence-electron chi connectivity index (χ3n) is 5.42. The number of hydrogen-bond donors (Lipinski definition) is 0. The van der Waals surface area contributed by atoms with Gasteiger partial charge in [-0.15, -0.1) is 0 Å². The molecule has 0 aliphatic carbocycles. The summed E-state index contributed by atoms with van der Waals surface area (Å²) < 4.78 is 28.2. The van der Waals surface area contributed by atoms with Crippen molar-refractivity contribution in [2.45, 2.75) is 12.7 Å². The minimum absolute atomic E-state index is 0.0389. The van der Waals surface area contributed by atoms with Crippen molar-refractivity contribution in [2.24, 2.45) is 0 Å². The van der Waals surface area contributed by atoms with Crippen molar-refractivity contribution in [3.63, 3.8) is 0 Å². The molecule has 9 heteroatoms. The van der Waals surface area contributed by atoms with E-state index in [1.54, 1.807) is 24.3 Å². The minimum atomic E-state index is -0.424. The molecule has 3 aromatic rings. The fourth-order valence-electron chi connectivity index (χ4n) is 3.80. The molecule has 2 heterocycles. The maximum Gasteiger partial charge on any atom is 0.288 e. The Labute approximate surface area is 188 Å². The van der Waals surface area contributed by atoms with E-state index >= 15 is 0 Å². The third kappa shape index (κ3) is 4.96. The summed E-state index contributed by atoms with van der Waals surface area (Å²) in [5, 5.41) is 4.15. The first-order valence-corrected chi connectivity index (χ1v) is 10.6. The van der Waals surface area contributed by atoms with Gasteiger partial charge in [-0.25, -0.2) is 13.5 Å². The van der Waals surface area contributed by atoms with Gasteiger partial charge < -0.3 is 0 Å². The summed E-state index contributed by atoms with van der Waals surface area (Å²) in [4.78, 5) is 16.6. The lowest BCUT2D eigenvalue weighted by molar-refractivity contribution is 0.0834. The summed E-state index contributed by atoms with van der Waals surface area (Å²) in [6.45, 7) is 3.09. The third-order valence-corrected chi connectivity index (χ3v) is 6.17. The van der Waals surface area contributed by atoms with Gasteiger partial charge >= 0.3 is 0 Å². The first-order chi connectivity index (χ1) is 14.9. The lowest BCUT2D eigenvalue weighted by Crippen LogP contribution is -2.49. The quantitative estimate of drug-likeness (QED) is 0.567. The zero-order valence-electron chi connectivity index (χ0n) is 16.5. The van der Waals surface area contributed by atoms with Gasteiger partial charge in [0.05, 0.1) is 23.9 Å². The second-order valence-electron chi connectivity index (χ2n) is 7.41. The number of rotatable bonds is 5. The van der Waals surface area contributed by atoms with Crippen LogP contribution in [0.1, 0.15) is 17.2 Å². The van der Waals surface area contributed by atoms with Gasteiger partial charge in [0.25, 0.3) is 5.56 Å². The molecule has 1 saturated heterocycles. The Bertz CT molecular complexity index is 1050. The molecule has 0 amide bonds. The summed E-state index contributed by atoms with van der Waals surface area (Å²) in [6, 6.07) is 12.6. The van der Waals surface area contributed by atoms with Crippen LogP contribution in [0.4, 0.5) is 8.78 Å². The van der Waals surface area contributed by atoms with Crippen LogP contribution in [0.3, 0.4) is 0 Å². The van der Waals surface area contributed by atoms with Crippen molar-refractivity contribution < 1.29 is 8.78 Å². The van der Waals surface area contributed by atoms with Gasteiger partial charge in [-0.3, -0.25) is 14.6 Å². The Morgan fingerprint density at radius 2 is 1.39 bits per heavy atom. The highest BCUT2D eigenvalue weighted by Crippen LogP contribution is 2.30. The van der Waals surface area contributed by atoms with E-state index in [0.29, 0.717) is 32.8 Å². The molecule has 1 aromatic heterocycles. The van der Waals surface area contributed by atoms with E-state index in [1.807, 2.05) is 0 Å². The average Bonchev–Trinajstić information content (AvgIpc) is 2.78. The molecule has 1 aliphatic heterocycles. The van der Waals surface area contributed by atoms with E-state index in [2.05, 4.69) is 14.9 Å². The van der Waals surface area contributed by atoms with Crippen molar-refractivity contribution >= 4 is 23.2 Å². The number of hydrogen-bond acceptors (Lipinski definition) is 4. The number of nitrogens with zero attached hydrogens (tertiary/aromatic N) is 4. The van der Waals surface area contributed by atoms with Crippen LogP contribution in [0.5, 0.6) is 0 Å². The van der Waals surface area contributed by atoms with E-state index in [9.17, 15) is 13.6 Å². The zero-order chi connectivity index (χ0) is 22.0. The highest BCUT2D eigenvalue weighted by Gasteiger charge is 2.27. The molecule has 5 nitrogen and oxygen atoms in total. The second kappa shape index (κ2) is 9.44. The van der Waals surface area contributed by atoms with Crippen molar-refractivity contribution in [2.75, 3.05) is 26.2 Å². The fourth-order valence-corrected chi connectivity index (χ4v) is 4.07. The largest absolute Gasteiger partial charge is 0.290 e. The van der Waals surface area contributed by atoms with Crippen molar-refractivity contribution in [3.8, 4) is 0 Å². The Hall–Kier alpha value is -2.32. The van der Waals surface area contributed by atoms with Gasteiger partial charge in [0.1, 0.15) is 16.7 Å². The Morgan fingerprint density at radius 3 is 1.90 bits per heavy atom. The molecule has 0 spiro atoms. The van der Waals surface area contributed by atoms with Crippen LogP contribution in [0, 0.1) is 11.6 Å². The lowest BCUT2D eigenvalue weighted by Gasteiger charge is -2.39. The summed E-state index contributed by atoms with van der Waals surface area (Å²) >= 11 is 11.8. The SMILES string of the molecule is O=c1c(Cl)c(Cl)cnn1CN1CCN(C(c2ccc(F)cc2)c2ccc(F)cc2)CC1. The van der Waals surface area contributed by atoms with Crippen LogP contribution >= 0.6 is 23.2 Å². The van der Waals surface area contributed by atoms with Gasteiger partial charge in [-0.05, 0) is 35.4 Å². The smallest absolute Gasteiger partial charge is 0.288 e. The monoisotopic (exact) mass is 464 g/mol. The lowest BCUT2D eigenvalue weighted by atomic mass is 9.96. The van der Waals surface area contributed by atoms with Crippen LogP contribution in [-0.4, -0.2) is 45.8 Å². The van der Waals surface area contributed by atoms with Crippen LogP contribution in [-0.2, 0) is 6.67 Å². The average molecular weight is 465 g/mol. The predicted molar refractivity (Wildman–Crippen MR) is 116 cm³/mol. The summed E-state index contributed by atoms with van der Waals surface area (Å²) in [5.41, 5.74) is 1.44. The Balaban J connectivity index is 1.51. The summed E-state index contributed by atoms with van der Waals surface area (Å²) in [6.07, 6.45) is 1.36. The van der Waals surface area contributed by atoms with E-state index in [4.69, 9.17) is 23.2 Å². The molecule has 0 radical (unpaired) electrons. The molecule has 0 atom stereocenters. The molecule has 31 heavy (non-hydrogen) atoms. The molecule has 1 aliphatic rings. The molecule has 0 saturated carbocycles. The van der Waals surface area contributed by atoms with Crippen molar-refractivity contribution in [3.05, 3.63) is 97.9 Å². The molecule has 162 valence electrons. The van der Waals surface area contributed by atoms with Crippen LogP contribution < -0.4 is 5.56 Å². The van der Waals surface area contributed by atoms with Crippen LogP contribution in [0.15, 0.2) is 59.5 Å². The standard InChI is InChI=1S/C22H20Cl2F2N4O/c23-19-13-27-30(22(31)20(19)24)14-28-9-11-29(12-10-28)21(15-1-5-17(25)6-2-15)16-3-7-18(26)8-4-16/h1-8,13,21H,9-12,14H2. The maximum atomic E-state index is 13.5. The fraction of sp³-hybridized carbons (Fsp3) is 0.273. The van der Waals surface area contributed by atoms with Crippen molar-refractivity contribution in [1.29, 1.82) is 0 Å². The molecule has 0 N–H and O–H groups in total. The first-order valence-electron chi connectivity index (χ1n) is 9.81. The number of halogens is 4. The minimum Gasteiger partial charge on any atom is -0.290 e. The molecule has 2 aromatic carbocycles. The van der Waals surface area contributed by atoms with E-state index < -0.39 is 5.56 Å². The van der Waals surface area contributed by atoms with Gasteiger partial charge in [0.15, 0.2) is 0 Å². The normalized spacial score (nSPS) is 15.5. The molecule has 4 rings (SSSR count). The van der Waals surface area contributed by atoms with Crippen LogP contribution in [0.2, 0.25) is 10.0 Å². The molecule has 0 unspecified atom stereocenters. The predicted octanol–water partition coefficient (Wildman–Crippen LogP) is 4.19. The second-order valence-corrected chi connectivity index (χ2v) is 8.20. The maximum absolute atomic E-state index is 13.5. The molecular weight excluding hydrogens is 445 g/mol. The van der Waals surface area contributed by atoms with Gasteiger partial charge in [0.2, 0.25) is 0 Å². The Kier molecular flexibility index (Phi) is 6.67. The van der Waals surface area contributed by atoms with E-state index in [1.165, 1.54) is 35.1 Å². The zero-order valence-corrected chi connectivity index (χ0v) is 18.0. The number of piperazine rings is 1. The summed E-state index contributed by atoms with van der Waals surface area (Å²) in [7, 11) is 0. The number of benzene rings is 2. The molecule has 1 fully saturated rings. The number of aromatic nitrogens is 2. The first kappa shape index (κ1) is 21.9. The van der Waals surface area contributed by atoms with Gasteiger partial charge in [-0.1, -0.05) is 47.5 Å². The van der Waals surface area contributed by atoms with E-state index in [-0.39, 0.29) is 27.7 Å². The van der Waals surface area contributed by atoms with Crippen LogP contribution in [0.25, 0.3) is 0 Å². The molecular formula is C22H20Cl2F2N4O. The highest BCUT2D eigenvalue weighted by atomic mass is 35.5.